The molecule has 0 amide bonds. The van der Waals surface area contributed by atoms with E-state index in [-0.39, 0.29) is 51.8 Å². The molecule has 0 spiro atoms. The number of rotatable bonds is 12. The zero-order valence-corrected chi connectivity index (χ0v) is 49.2. The van der Waals surface area contributed by atoms with Crippen LogP contribution in [-0.4, -0.2) is 102 Å². The first-order valence-corrected chi connectivity index (χ1v) is 30.6. The molecule has 16 nitrogen and oxygen atoms in total. The number of fused-ring (bicyclic) bond motifs is 1. The lowest BCUT2D eigenvalue weighted by atomic mass is 9.47. The van der Waals surface area contributed by atoms with Crippen molar-refractivity contribution in [3.8, 4) is 0 Å². The Labute approximate surface area is 469 Å². The van der Waals surface area contributed by atoms with Crippen molar-refractivity contribution in [2.24, 2.45) is 53.3 Å². The van der Waals surface area contributed by atoms with Crippen molar-refractivity contribution >= 4 is 45.9 Å². The number of hydrogen-bond donors (Lipinski definition) is 1. The van der Waals surface area contributed by atoms with Gasteiger partial charge in [-0.25, -0.2) is 28.8 Å². The van der Waals surface area contributed by atoms with Crippen molar-refractivity contribution in [2.75, 3.05) is 6.61 Å². The van der Waals surface area contributed by atoms with Gasteiger partial charge in [0.1, 0.15) is 29.0 Å². The molecule has 79 heavy (non-hydrogen) atoms. The second kappa shape index (κ2) is 24.5. The second-order valence-electron chi connectivity index (χ2n) is 26.1. The van der Waals surface area contributed by atoms with E-state index in [2.05, 4.69) is 58.4 Å². The third-order valence-corrected chi connectivity index (χ3v) is 20.9. The first kappa shape index (κ1) is 62.0. The number of cyclic esters (lactones) is 1. The molecule has 440 valence electrons. The van der Waals surface area contributed by atoms with E-state index in [0.717, 1.165) is 63.2 Å². The van der Waals surface area contributed by atoms with E-state index in [4.69, 9.17) is 27.9 Å². The molecule has 2 heterocycles. The maximum Gasteiger partial charge on any atom is 0.347 e. The highest BCUT2D eigenvalue weighted by atomic mass is 32.2. The van der Waals surface area contributed by atoms with Gasteiger partial charge in [-0.1, -0.05) is 60.1 Å². The van der Waals surface area contributed by atoms with Crippen molar-refractivity contribution in [1.82, 2.24) is 0 Å². The van der Waals surface area contributed by atoms with Crippen LogP contribution in [0.25, 0.3) is 0 Å². The SMILES string of the molecule is C=C(C)C(=O)OC1(C(C)C)C2CC3CC(C2)CC1C3.C=C(C)C(=O)OC1(CC)CCCCC1.C=C(C)C(=O)OC12CC3CC(CC(O)(C3)C1)C2.C=C(C)C(=O)OC1C2CC3C1OS(=O)(=O)C3C2.C=C(C)C(=O)OC1CCOC1=O. The number of ether oxygens (including phenoxy) is 6. The fourth-order valence-corrected chi connectivity index (χ4v) is 17.9. The largest absolute Gasteiger partial charge is 0.463 e. The van der Waals surface area contributed by atoms with Crippen LogP contribution < -0.4 is 0 Å². The van der Waals surface area contributed by atoms with Crippen LogP contribution in [0.3, 0.4) is 0 Å². The molecule has 1 N–H and O–H groups in total. The summed E-state index contributed by atoms with van der Waals surface area (Å²) in [5.41, 5.74) is 0.747. The van der Waals surface area contributed by atoms with Gasteiger partial charge in [-0.3, -0.25) is 4.18 Å². The van der Waals surface area contributed by atoms with Crippen LogP contribution in [-0.2, 0) is 71.5 Å². The van der Waals surface area contributed by atoms with Crippen LogP contribution in [0.15, 0.2) is 60.8 Å². The Balaban J connectivity index is 0.000000144. The van der Waals surface area contributed by atoms with Crippen LogP contribution >= 0.6 is 0 Å². The van der Waals surface area contributed by atoms with E-state index in [0.29, 0.717) is 77.8 Å². The average Bonchev–Trinajstić information content (AvgIpc) is 4.10. The molecule has 0 aromatic heterocycles. The van der Waals surface area contributed by atoms with Crippen molar-refractivity contribution in [3.05, 3.63) is 60.8 Å². The van der Waals surface area contributed by atoms with E-state index in [1.54, 1.807) is 27.7 Å². The van der Waals surface area contributed by atoms with E-state index in [1.807, 2.05) is 0 Å². The molecule has 8 unspecified atom stereocenters. The summed E-state index contributed by atoms with van der Waals surface area (Å²) in [6, 6.07) is 0. The maximum absolute atomic E-state index is 12.1. The van der Waals surface area contributed by atoms with Crippen molar-refractivity contribution < 1.29 is 74.9 Å². The molecule has 8 atom stereocenters. The Morgan fingerprint density at radius 3 is 1.61 bits per heavy atom. The van der Waals surface area contributed by atoms with Crippen LogP contribution in [0.5, 0.6) is 0 Å². The topological polar surface area (TPSA) is 221 Å². The molecule has 13 rings (SSSR count). The van der Waals surface area contributed by atoms with Gasteiger partial charge in [-0.2, -0.15) is 8.42 Å². The van der Waals surface area contributed by atoms with Gasteiger partial charge in [0, 0.05) is 52.5 Å². The van der Waals surface area contributed by atoms with E-state index in [9.17, 15) is 42.3 Å². The second-order valence-corrected chi connectivity index (χ2v) is 27.8. The normalized spacial score (nSPS) is 37.1. The summed E-state index contributed by atoms with van der Waals surface area (Å²) in [5, 5.41) is 10.1. The van der Waals surface area contributed by atoms with Gasteiger partial charge in [0.25, 0.3) is 10.1 Å². The molecule has 0 radical (unpaired) electrons. The summed E-state index contributed by atoms with van der Waals surface area (Å²) in [5.74, 6) is 2.42. The lowest BCUT2D eigenvalue weighted by Gasteiger charge is -2.61. The van der Waals surface area contributed by atoms with Crippen molar-refractivity contribution in [3.63, 3.8) is 0 Å². The van der Waals surface area contributed by atoms with Gasteiger partial charge in [0.05, 0.1) is 17.5 Å². The van der Waals surface area contributed by atoms with Crippen LogP contribution in [0.1, 0.15) is 184 Å². The van der Waals surface area contributed by atoms with Gasteiger partial charge in [0.15, 0.2) is 0 Å². The summed E-state index contributed by atoms with van der Waals surface area (Å²) in [6.07, 6.45) is 18.8. The molecule has 10 bridgehead atoms. The fourth-order valence-electron chi connectivity index (χ4n) is 16.0. The summed E-state index contributed by atoms with van der Waals surface area (Å²) >= 11 is 0. The lowest BCUT2D eigenvalue weighted by Crippen LogP contribution is -2.62. The standard InChI is InChI=1S/C17H26O2.C14H20O3.C12H20O2.C11H14O5S.C8H10O4/c1-10(2)16(18)19-17(11(3)4)14-6-12-5-13(8-14)9-15(17)7-12;1-9(2)12(15)17-14-6-10-3-11(7-14)5-13(16,4-10)8-14;1-4-12(8-6-5-7-9-12)14-11(13)10(2)3;1-5(2)11(12)15-9-6-3-7-8(4-6)17(13,14)16-10(7)9;1-5(2)7(9)12-6-3-4-11-8(6)10/h11-15H,1,5-9H2,2-4H3;10-11,16H,1,3-8H2,2H3;2,4-9H2,1,3H3;6-10H,1,3-4H2,2H3;6H,1,3-4H2,2H3. The molecule has 13 aliphatic rings. The molecule has 17 heteroatoms. The zero-order valence-electron chi connectivity index (χ0n) is 48.4. The molecule has 0 aromatic rings. The predicted molar refractivity (Wildman–Crippen MR) is 295 cm³/mol. The average molecular weight is 1120 g/mol. The number of hydrogen-bond acceptors (Lipinski definition) is 16. The highest BCUT2D eigenvalue weighted by molar-refractivity contribution is 7.87. The molecular formula is C62H90O16S. The van der Waals surface area contributed by atoms with Crippen LogP contribution in [0, 0.1) is 53.3 Å². The first-order valence-electron chi connectivity index (χ1n) is 29.1. The lowest BCUT2D eigenvalue weighted by molar-refractivity contribution is -0.221. The number of aliphatic hydroxyl groups is 1. The van der Waals surface area contributed by atoms with E-state index >= 15 is 0 Å². The van der Waals surface area contributed by atoms with Gasteiger partial charge in [0.2, 0.25) is 6.10 Å². The molecule has 13 fully saturated rings. The quantitative estimate of drug-likeness (QED) is 0.0831. The van der Waals surface area contributed by atoms with Crippen LogP contribution in [0.4, 0.5) is 0 Å². The third kappa shape index (κ3) is 13.8. The predicted octanol–water partition coefficient (Wildman–Crippen LogP) is 10.4. The Morgan fingerprint density at radius 2 is 1.14 bits per heavy atom. The highest BCUT2D eigenvalue weighted by Crippen LogP contribution is 2.62. The highest BCUT2D eigenvalue weighted by Gasteiger charge is 2.66. The molecule has 2 aliphatic heterocycles. The minimum absolute atomic E-state index is 0.00733. The van der Waals surface area contributed by atoms with Gasteiger partial charge in [-0.15, -0.1) is 0 Å². The van der Waals surface area contributed by atoms with E-state index in [1.165, 1.54) is 64.7 Å². The molecule has 11 saturated carbocycles. The van der Waals surface area contributed by atoms with Crippen molar-refractivity contribution in [1.29, 1.82) is 0 Å². The van der Waals surface area contributed by atoms with E-state index < -0.39 is 57.5 Å². The summed E-state index contributed by atoms with van der Waals surface area (Å²) < 4.78 is 60.4. The number of esters is 6. The summed E-state index contributed by atoms with van der Waals surface area (Å²) in [6.45, 7) is 33.0. The molecule has 0 aromatic carbocycles. The smallest absolute Gasteiger partial charge is 0.347 e. The molecule has 11 aliphatic carbocycles. The zero-order chi connectivity index (χ0) is 58.2. The Kier molecular flexibility index (Phi) is 19.2. The minimum atomic E-state index is -3.43. The third-order valence-electron chi connectivity index (χ3n) is 19.1. The summed E-state index contributed by atoms with van der Waals surface area (Å²) in [7, 11) is -3.43. The number of carbonyl (C=O) groups excluding carboxylic acids is 6. The molecule has 2 saturated heterocycles. The van der Waals surface area contributed by atoms with Gasteiger partial charge < -0.3 is 33.5 Å². The molecular weight excluding hydrogens is 1030 g/mol. The maximum atomic E-state index is 12.1. The Hall–Kier alpha value is -4.61. The Bertz CT molecular complexity index is 2490. The first-order chi connectivity index (χ1) is 36.9. The van der Waals surface area contributed by atoms with Gasteiger partial charge in [-0.05, 0) is 185 Å². The number of carbonyl (C=O) groups is 6. The minimum Gasteiger partial charge on any atom is -0.463 e. The summed E-state index contributed by atoms with van der Waals surface area (Å²) in [4.78, 5) is 68.5. The fraction of sp³-hybridized carbons (Fsp3) is 0.742. The van der Waals surface area contributed by atoms with Crippen molar-refractivity contribution in [2.45, 2.75) is 230 Å². The Morgan fingerprint density at radius 1 is 0.646 bits per heavy atom. The van der Waals surface area contributed by atoms with Crippen LogP contribution in [0.2, 0.25) is 0 Å². The monoisotopic (exact) mass is 1120 g/mol. The van der Waals surface area contributed by atoms with Gasteiger partial charge >= 0.3 is 35.8 Å².